The van der Waals surface area contributed by atoms with Gasteiger partial charge in [0.15, 0.2) is 0 Å². The Morgan fingerprint density at radius 2 is 2.11 bits per heavy atom. The van der Waals surface area contributed by atoms with Crippen LogP contribution in [0.25, 0.3) is 11.4 Å². The number of benzene rings is 1. The standard InChI is InChI=1S/C14H19N3O/c1-3-17-11(8-9-15)10-16-14(17)12-6-4-5-7-13(12)18-2/h4-7,10H,3,8-9,15H2,1-2H3. The smallest absolute Gasteiger partial charge is 0.143 e. The van der Waals surface area contributed by atoms with Crippen molar-refractivity contribution in [2.24, 2.45) is 5.73 Å². The maximum Gasteiger partial charge on any atom is 0.143 e. The van der Waals surface area contributed by atoms with Crippen molar-refractivity contribution in [1.82, 2.24) is 9.55 Å². The third kappa shape index (κ3) is 2.24. The monoisotopic (exact) mass is 245 g/mol. The number of hydrogen-bond donors (Lipinski definition) is 1. The molecule has 0 atom stereocenters. The molecule has 0 aliphatic rings. The lowest BCUT2D eigenvalue weighted by Crippen LogP contribution is -2.09. The van der Waals surface area contributed by atoms with E-state index in [9.17, 15) is 0 Å². The Bertz CT molecular complexity index is 520. The molecule has 0 fully saturated rings. The minimum Gasteiger partial charge on any atom is -0.496 e. The van der Waals surface area contributed by atoms with Crippen LogP contribution in [0, 0.1) is 0 Å². The summed E-state index contributed by atoms with van der Waals surface area (Å²) in [7, 11) is 1.68. The Balaban J connectivity index is 2.50. The van der Waals surface area contributed by atoms with Gasteiger partial charge in [-0.15, -0.1) is 0 Å². The van der Waals surface area contributed by atoms with Gasteiger partial charge in [0.25, 0.3) is 0 Å². The van der Waals surface area contributed by atoms with Crippen molar-refractivity contribution in [3.8, 4) is 17.1 Å². The average molecular weight is 245 g/mol. The molecule has 0 radical (unpaired) electrons. The minimum absolute atomic E-state index is 0.636. The molecule has 0 saturated heterocycles. The van der Waals surface area contributed by atoms with E-state index >= 15 is 0 Å². The first-order valence-electron chi connectivity index (χ1n) is 6.19. The molecule has 2 rings (SSSR count). The quantitative estimate of drug-likeness (QED) is 0.877. The third-order valence-corrected chi connectivity index (χ3v) is 3.00. The highest BCUT2D eigenvalue weighted by Crippen LogP contribution is 2.29. The summed E-state index contributed by atoms with van der Waals surface area (Å²) in [6.07, 6.45) is 2.74. The number of nitrogens with zero attached hydrogens (tertiary/aromatic N) is 2. The summed E-state index contributed by atoms with van der Waals surface area (Å²) >= 11 is 0. The van der Waals surface area contributed by atoms with Crippen LogP contribution in [0.15, 0.2) is 30.5 Å². The maximum atomic E-state index is 5.62. The molecule has 0 aliphatic heterocycles. The van der Waals surface area contributed by atoms with Crippen LogP contribution < -0.4 is 10.5 Å². The lowest BCUT2D eigenvalue weighted by Gasteiger charge is -2.11. The molecule has 2 aromatic rings. The zero-order valence-electron chi connectivity index (χ0n) is 10.9. The third-order valence-electron chi connectivity index (χ3n) is 3.00. The first-order chi connectivity index (χ1) is 8.81. The second kappa shape index (κ2) is 5.69. The van der Waals surface area contributed by atoms with Gasteiger partial charge in [-0.2, -0.15) is 0 Å². The van der Waals surface area contributed by atoms with E-state index in [2.05, 4.69) is 16.5 Å². The number of nitrogens with two attached hydrogens (primary N) is 1. The SMILES string of the molecule is CCn1c(CCN)cnc1-c1ccccc1OC. The molecule has 1 aromatic heterocycles. The van der Waals surface area contributed by atoms with Crippen molar-refractivity contribution in [3.05, 3.63) is 36.2 Å². The van der Waals surface area contributed by atoms with Crippen molar-refractivity contribution >= 4 is 0 Å². The van der Waals surface area contributed by atoms with Crippen LogP contribution in [-0.4, -0.2) is 23.2 Å². The van der Waals surface area contributed by atoms with Crippen LogP contribution in [0.1, 0.15) is 12.6 Å². The summed E-state index contributed by atoms with van der Waals surface area (Å²) in [6, 6.07) is 7.93. The second-order valence-corrected chi connectivity index (χ2v) is 4.06. The van der Waals surface area contributed by atoms with Gasteiger partial charge in [-0.05, 0) is 25.6 Å². The van der Waals surface area contributed by atoms with Gasteiger partial charge in [-0.1, -0.05) is 12.1 Å². The number of para-hydroxylation sites is 1. The maximum absolute atomic E-state index is 5.62. The van der Waals surface area contributed by atoms with E-state index in [1.54, 1.807) is 7.11 Å². The summed E-state index contributed by atoms with van der Waals surface area (Å²) in [5.74, 6) is 1.79. The molecule has 0 saturated carbocycles. The van der Waals surface area contributed by atoms with Gasteiger partial charge in [-0.3, -0.25) is 0 Å². The van der Waals surface area contributed by atoms with Crippen LogP contribution in [-0.2, 0) is 13.0 Å². The predicted molar refractivity (Wildman–Crippen MR) is 72.6 cm³/mol. The van der Waals surface area contributed by atoms with Gasteiger partial charge >= 0.3 is 0 Å². The van der Waals surface area contributed by atoms with Gasteiger partial charge in [0.2, 0.25) is 0 Å². The van der Waals surface area contributed by atoms with Crippen LogP contribution in [0.4, 0.5) is 0 Å². The van der Waals surface area contributed by atoms with Crippen LogP contribution in [0.5, 0.6) is 5.75 Å². The van der Waals surface area contributed by atoms with Gasteiger partial charge in [0.1, 0.15) is 11.6 Å². The van der Waals surface area contributed by atoms with Gasteiger partial charge < -0.3 is 15.0 Å². The molecular formula is C14H19N3O. The van der Waals surface area contributed by atoms with Crippen LogP contribution in [0.3, 0.4) is 0 Å². The number of ether oxygens (including phenoxy) is 1. The van der Waals surface area contributed by atoms with E-state index in [4.69, 9.17) is 10.5 Å². The molecule has 0 amide bonds. The average Bonchev–Trinajstić information content (AvgIpc) is 2.81. The molecule has 4 nitrogen and oxygen atoms in total. The number of methoxy groups -OCH3 is 1. The zero-order valence-corrected chi connectivity index (χ0v) is 10.9. The summed E-state index contributed by atoms with van der Waals surface area (Å²) in [5, 5.41) is 0. The predicted octanol–water partition coefficient (Wildman–Crippen LogP) is 2.08. The lowest BCUT2D eigenvalue weighted by atomic mass is 10.2. The van der Waals surface area contributed by atoms with Gasteiger partial charge in [0, 0.05) is 24.9 Å². The van der Waals surface area contributed by atoms with Crippen molar-refractivity contribution < 1.29 is 4.74 Å². The minimum atomic E-state index is 0.636. The molecular weight excluding hydrogens is 226 g/mol. The van der Waals surface area contributed by atoms with E-state index in [0.717, 1.165) is 30.1 Å². The molecule has 0 bridgehead atoms. The lowest BCUT2D eigenvalue weighted by molar-refractivity contribution is 0.416. The summed E-state index contributed by atoms with van der Waals surface area (Å²) in [5.41, 5.74) is 7.81. The summed E-state index contributed by atoms with van der Waals surface area (Å²) < 4.78 is 7.58. The molecule has 0 spiro atoms. The van der Waals surface area contributed by atoms with Crippen molar-refractivity contribution in [2.75, 3.05) is 13.7 Å². The first kappa shape index (κ1) is 12.6. The molecule has 0 aliphatic carbocycles. The number of rotatable bonds is 5. The second-order valence-electron chi connectivity index (χ2n) is 4.06. The zero-order chi connectivity index (χ0) is 13.0. The van der Waals surface area contributed by atoms with Crippen molar-refractivity contribution in [2.45, 2.75) is 19.9 Å². The van der Waals surface area contributed by atoms with Gasteiger partial charge in [-0.25, -0.2) is 4.98 Å². The van der Waals surface area contributed by atoms with Crippen molar-refractivity contribution in [1.29, 1.82) is 0 Å². The highest BCUT2D eigenvalue weighted by atomic mass is 16.5. The molecule has 96 valence electrons. The first-order valence-corrected chi connectivity index (χ1v) is 6.19. The Kier molecular flexibility index (Phi) is 3.99. The molecule has 0 unspecified atom stereocenters. The fourth-order valence-electron chi connectivity index (χ4n) is 2.16. The number of aromatic nitrogens is 2. The summed E-state index contributed by atoms with van der Waals surface area (Å²) in [4.78, 5) is 4.51. The van der Waals surface area contributed by atoms with E-state index < -0.39 is 0 Å². The number of imidazole rings is 1. The Hall–Kier alpha value is -1.81. The van der Waals surface area contributed by atoms with Gasteiger partial charge in [0.05, 0.1) is 12.7 Å². The Morgan fingerprint density at radius 3 is 2.78 bits per heavy atom. The van der Waals surface area contributed by atoms with E-state index in [-0.39, 0.29) is 0 Å². The molecule has 1 aromatic carbocycles. The highest BCUT2D eigenvalue weighted by molar-refractivity contribution is 5.64. The topological polar surface area (TPSA) is 53.1 Å². The normalized spacial score (nSPS) is 10.6. The largest absolute Gasteiger partial charge is 0.496 e. The molecule has 4 heteroatoms. The number of hydrogen-bond acceptors (Lipinski definition) is 3. The summed E-state index contributed by atoms with van der Waals surface area (Å²) in [6.45, 7) is 3.63. The van der Waals surface area contributed by atoms with Crippen LogP contribution in [0.2, 0.25) is 0 Å². The van der Waals surface area contributed by atoms with E-state index in [0.29, 0.717) is 6.54 Å². The van der Waals surface area contributed by atoms with E-state index in [1.807, 2.05) is 30.5 Å². The van der Waals surface area contributed by atoms with Crippen molar-refractivity contribution in [3.63, 3.8) is 0 Å². The highest BCUT2D eigenvalue weighted by Gasteiger charge is 2.13. The molecule has 18 heavy (non-hydrogen) atoms. The molecule has 2 N–H and O–H groups in total. The van der Waals surface area contributed by atoms with E-state index in [1.165, 1.54) is 5.69 Å². The fourth-order valence-corrected chi connectivity index (χ4v) is 2.16. The fraction of sp³-hybridized carbons (Fsp3) is 0.357. The Morgan fingerprint density at radius 1 is 1.33 bits per heavy atom. The van der Waals surface area contributed by atoms with Crippen LogP contribution >= 0.6 is 0 Å². The molecule has 1 heterocycles. The Labute approximate surface area is 107 Å².